The van der Waals surface area contributed by atoms with E-state index in [1.165, 1.54) is 29.8 Å². The molecule has 0 spiro atoms. The summed E-state index contributed by atoms with van der Waals surface area (Å²) in [6.07, 6.45) is 0.996. The van der Waals surface area contributed by atoms with Crippen LogP contribution < -0.4 is 10.2 Å². The second kappa shape index (κ2) is 6.76. The molecule has 25 heavy (non-hydrogen) atoms. The summed E-state index contributed by atoms with van der Waals surface area (Å²) >= 11 is 0. The van der Waals surface area contributed by atoms with E-state index in [9.17, 15) is 14.4 Å². The predicted octanol–water partition coefficient (Wildman–Crippen LogP) is 2.69. The maximum Gasteiger partial charge on any atom is 0.335 e. The fourth-order valence-electron chi connectivity index (χ4n) is 2.81. The molecule has 1 aliphatic rings. The Hall–Kier alpha value is -3.15. The Morgan fingerprint density at radius 2 is 1.76 bits per heavy atom. The minimum atomic E-state index is -1.05. The molecule has 2 amide bonds. The van der Waals surface area contributed by atoms with Crippen LogP contribution in [0.5, 0.6) is 0 Å². The number of nitrogens with zero attached hydrogens (tertiary/aromatic N) is 1. The third-order valence-corrected chi connectivity index (χ3v) is 4.22. The molecule has 6 nitrogen and oxygen atoms in total. The molecule has 2 aromatic rings. The van der Waals surface area contributed by atoms with Crippen molar-refractivity contribution in [3.05, 3.63) is 59.7 Å². The molecule has 1 aliphatic heterocycles. The Morgan fingerprint density at radius 1 is 1.12 bits per heavy atom. The van der Waals surface area contributed by atoms with E-state index in [1.807, 2.05) is 24.3 Å². The standard InChI is InChI=1S/C19H18N2O4/c1-2-12-3-7-14(8-4-12)20-16-11-17(22)21(18(16)23)15-9-5-13(6-10-15)19(24)25/h3-10,16,20H,2,11H2,1H3,(H,24,25). The van der Waals surface area contributed by atoms with Crippen molar-refractivity contribution in [3.63, 3.8) is 0 Å². The minimum absolute atomic E-state index is 0.0645. The Kier molecular flexibility index (Phi) is 4.52. The summed E-state index contributed by atoms with van der Waals surface area (Å²) < 4.78 is 0. The van der Waals surface area contributed by atoms with Gasteiger partial charge in [0, 0.05) is 5.69 Å². The molecule has 3 rings (SSSR count). The lowest BCUT2D eigenvalue weighted by molar-refractivity contribution is -0.121. The van der Waals surface area contributed by atoms with Crippen molar-refractivity contribution >= 4 is 29.2 Å². The van der Waals surface area contributed by atoms with E-state index in [4.69, 9.17) is 5.11 Å². The summed E-state index contributed by atoms with van der Waals surface area (Å²) in [4.78, 5) is 36.8. The van der Waals surface area contributed by atoms with Crippen molar-refractivity contribution in [3.8, 4) is 0 Å². The lowest BCUT2D eigenvalue weighted by atomic mass is 10.1. The smallest absolute Gasteiger partial charge is 0.335 e. The highest BCUT2D eigenvalue weighted by Gasteiger charge is 2.39. The summed E-state index contributed by atoms with van der Waals surface area (Å²) in [5.74, 6) is -1.70. The molecule has 1 atom stereocenters. The number of carbonyl (C=O) groups is 3. The van der Waals surface area contributed by atoms with Crippen LogP contribution in [0.2, 0.25) is 0 Å². The molecule has 1 saturated heterocycles. The number of rotatable bonds is 5. The van der Waals surface area contributed by atoms with Crippen LogP contribution in [-0.4, -0.2) is 28.9 Å². The van der Waals surface area contributed by atoms with Gasteiger partial charge in [0.15, 0.2) is 0 Å². The Balaban J connectivity index is 1.76. The first kappa shape index (κ1) is 16.7. The molecule has 2 aromatic carbocycles. The van der Waals surface area contributed by atoms with Crippen molar-refractivity contribution in [1.82, 2.24) is 0 Å². The molecule has 1 unspecified atom stereocenters. The van der Waals surface area contributed by atoms with E-state index in [0.29, 0.717) is 5.69 Å². The molecule has 128 valence electrons. The van der Waals surface area contributed by atoms with Crippen LogP contribution in [0, 0.1) is 0 Å². The number of hydrogen-bond acceptors (Lipinski definition) is 4. The summed E-state index contributed by atoms with van der Waals surface area (Å²) in [5, 5.41) is 12.0. The zero-order chi connectivity index (χ0) is 18.0. The third kappa shape index (κ3) is 3.38. The number of carboxylic acid groups (broad SMARTS) is 1. The van der Waals surface area contributed by atoms with Gasteiger partial charge in [0.1, 0.15) is 6.04 Å². The van der Waals surface area contributed by atoms with Crippen LogP contribution in [-0.2, 0) is 16.0 Å². The van der Waals surface area contributed by atoms with Gasteiger partial charge in [-0.05, 0) is 48.4 Å². The van der Waals surface area contributed by atoms with Crippen LogP contribution in [0.25, 0.3) is 0 Å². The predicted molar refractivity (Wildman–Crippen MR) is 93.7 cm³/mol. The summed E-state index contributed by atoms with van der Waals surface area (Å²) in [5.41, 5.74) is 2.46. The fraction of sp³-hybridized carbons (Fsp3) is 0.211. The average Bonchev–Trinajstić information content (AvgIpc) is 2.89. The van der Waals surface area contributed by atoms with Crippen molar-refractivity contribution in [2.24, 2.45) is 0 Å². The molecule has 0 saturated carbocycles. The second-order valence-electron chi connectivity index (χ2n) is 5.87. The average molecular weight is 338 g/mol. The molecular weight excluding hydrogens is 320 g/mol. The lowest BCUT2D eigenvalue weighted by Crippen LogP contribution is -2.34. The highest BCUT2D eigenvalue weighted by molar-refractivity contribution is 6.23. The van der Waals surface area contributed by atoms with Crippen molar-refractivity contribution in [2.45, 2.75) is 25.8 Å². The zero-order valence-corrected chi connectivity index (χ0v) is 13.7. The van der Waals surface area contributed by atoms with Crippen LogP contribution in [0.3, 0.4) is 0 Å². The second-order valence-corrected chi connectivity index (χ2v) is 5.87. The van der Waals surface area contributed by atoms with Crippen LogP contribution in [0.1, 0.15) is 29.3 Å². The molecule has 0 aliphatic carbocycles. The SMILES string of the molecule is CCc1ccc(NC2CC(=O)N(c3ccc(C(=O)O)cc3)C2=O)cc1. The summed E-state index contributed by atoms with van der Waals surface area (Å²) in [6.45, 7) is 2.06. The lowest BCUT2D eigenvalue weighted by Gasteiger charge is -2.16. The Bertz CT molecular complexity index is 812. The van der Waals surface area contributed by atoms with Crippen molar-refractivity contribution < 1.29 is 19.5 Å². The molecule has 2 N–H and O–H groups in total. The number of carbonyl (C=O) groups excluding carboxylic acids is 2. The fourth-order valence-corrected chi connectivity index (χ4v) is 2.81. The van der Waals surface area contributed by atoms with Gasteiger partial charge in [-0.25, -0.2) is 9.69 Å². The summed E-state index contributed by atoms with van der Waals surface area (Å²) in [7, 11) is 0. The topological polar surface area (TPSA) is 86.7 Å². The van der Waals surface area contributed by atoms with E-state index in [2.05, 4.69) is 12.2 Å². The number of aryl methyl sites for hydroxylation is 1. The first-order valence-electron chi connectivity index (χ1n) is 8.05. The summed E-state index contributed by atoms with van der Waals surface area (Å²) in [6, 6.07) is 12.8. The molecule has 0 radical (unpaired) electrons. The highest BCUT2D eigenvalue weighted by Crippen LogP contribution is 2.25. The largest absolute Gasteiger partial charge is 0.478 e. The van der Waals surface area contributed by atoms with Gasteiger partial charge in [-0.2, -0.15) is 0 Å². The Labute approximate surface area is 145 Å². The first-order valence-corrected chi connectivity index (χ1v) is 8.05. The maximum atomic E-state index is 12.6. The van der Waals surface area contributed by atoms with Crippen molar-refractivity contribution in [1.29, 1.82) is 0 Å². The number of imide groups is 1. The van der Waals surface area contributed by atoms with Gasteiger partial charge in [-0.3, -0.25) is 9.59 Å². The number of benzene rings is 2. The highest BCUT2D eigenvalue weighted by atomic mass is 16.4. The van der Waals surface area contributed by atoms with E-state index >= 15 is 0 Å². The van der Waals surface area contributed by atoms with Crippen LogP contribution in [0.15, 0.2) is 48.5 Å². The van der Waals surface area contributed by atoms with Gasteiger partial charge < -0.3 is 10.4 Å². The van der Waals surface area contributed by atoms with E-state index < -0.39 is 12.0 Å². The monoisotopic (exact) mass is 338 g/mol. The quantitative estimate of drug-likeness (QED) is 0.819. The van der Waals surface area contributed by atoms with Crippen molar-refractivity contribution in [2.75, 3.05) is 10.2 Å². The van der Waals surface area contributed by atoms with Gasteiger partial charge in [-0.1, -0.05) is 19.1 Å². The molecule has 1 fully saturated rings. The third-order valence-electron chi connectivity index (χ3n) is 4.22. The minimum Gasteiger partial charge on any atom is -0.478 e. The molecule has 6 heteroatoms. The van der Waals surface area contributed by atoms with E-state index in [0.717, 1.165) is 17.0 Å². The number of anilines is 2. The van der Waals surface area contributed by atoms with Gasteiger partial charge in [0.2, 0.25) is 5.91 Å². The number of amides is 2. The van der Waals surface area contributed by atoms with Gasteiger partial charge in [0.25, 0.3) is 5.91 Å². The Morgan fingerprint density at radius 3 is 2.32 bits per heavy atom. The maximum absolute atomic E-state index is 12.6. The van der Waals surface area contributed by atoms with Gasteiger partial charge >= 0.3 is 5.97 Å². The molecule has 1 heterocycles. The van der Waals surface area contributed by atoms with Gasteiger partial charge in [-0.15, -0.1) is 0 Å². The zero-order valence-electron chi connectivity index (χ0n) is 13.7. The number of hydrogen-bond donors (Lipinski definition) is 2. The van der Waals surface area contributed by atoms with E-state index in [1.54, 1.807) is 0 Å². The van der Waals surface area contributed by atoms with Gasteiger partial charge in [0.05, 0.1) is 17.7 Å². The number of aromatic carboxylic acids is 1. The van der Waals surface area contributed by atoms with Crippen LogP contribution >= 0.6 is 0 Å². The normalized spacial score (nSPS) is 17.0. The number of nitrogens with one attached hydrogen (secondary N) is 1. The first-order chi connectivity index (χ1) is 12.0. The molecular formula is C19H18N2O4. The van der Waals surface area contributed by atoms with E-state index in [-0.39, 0.29) is 23.8 Å². The number of carboxylic acids is 1. The molecule has 0 aromatic heterocycles. The van der Waals surface area contributed by atoms with Crippen LogP contribution in [0.4, 0.5) is 11.4 Å². The molecule has 0 bridgehead atoms.